The molecule has 4 heterocycles. The Hall–Kier alpha value is -3.58. The summed E-state index contributed by atoms with van der Waals surface area (Å²) in [5.74, 6) is 0.252. The summed E-state index contributed by atoms with van der Waals surface area (Å²) < 4.78 is 13.4. The minimum absolute atomic E-state index is 0.0361. The number of nitrogens with one attached hydrogen (secondary N) is 2. The van der Waals surface area contributed by atoms with E-state index < -0.39 is 0 Å². The molecular weight excluding hydrogens is 367 g/mol. The van der Waals surface area contributed by atoms with Gasteiger partial charge in [-0.1, -0.05) is 24.3 Å². The fraction of sp³-hybridized carbons (Fsp3) is 0.136. The molecule has 7 heteroatoms. The summed E-state index contributed by atoms with van der Waals surface area (Å²) in [5.41, 5.74) is 14.3. The van der Waals surface area contributed by atoms with E-state index in [1.165, 1.54) is 12.1 Å². The van der Waals surface area contributed by atoms with Gasteiger partial charge >= 0.3 is 0 Å². The molecule has 1 aromatic heterocycles. The zero-order valence-corrected chi connectivity index (χ0v) is 15.9. The molecule has 0 spiro atoms. The minimum atomic E-state index is -0.238. The normalized spacial score (nSPS) is 22.8. The van der Waals surface area contributed by atoms with Gasteiger partial charge < -0.3 is 21.0 Å². The van der Waals surface area contributed by atoms with Gasteiger partial charge in [0.25, 0.3) is 0 Å². The summed E-state index contributed by atoms with van der Waals surface area (Å²) in [6, 6.07) is 12.2. The van der Waals surface area contributed by atoms with Crippen molar-refractivity contribution in [2.45, 2.75) is 12.2 Å². The minimum Gasteiger partial charge on any atom is -0.384 e. The lowest BCUT2D eigenvalue weighted by molar-refractivity contribution is 0.331. The Labute approximate surface area is 168 Å². The van der Waals surface area contributed by atoms with Crippen LogP contribution in [0.1, 0.15) is 17.3 Å². The molecule has 0 radical (unpaired) electrons. The number of nitrogens with two attached hydrogens (primary N) is 1. The number of hydrogen-bond acceptors (Lipinski definition) is 6. The van der Waals surface area contributed by atoms with E-state index in [2.05, 4.69) is 45.2 Å². The molecule has 1 aromatic carbocycles. The second-order valence-electron chi connectivity index (χ2n) is 7.25. The van der Waals surface area contributed by atoms with Gasteiger partial charge in [-0.3, -0.25) is 0 Å². The Morgan fingerprint density at radius 1 is 1.10 bits per heavy atom. The number of hydrogen-bond donors (Lipinski definition) is 3. The number of nitrogen functional groups attached to an aromatic ring is 1. The van der Waals surface area contributed by atoms with Crippen LogP contribution in [0.2, 0.25) is 0 Å². The van der Waals surface area contributed by atoms with Gasteiger partial charge in [-0.25, -0.2) is 14.8 Å². The van der Waals surface area contributed by atoms with Crippen LogP contribution in [0.25, 0.3) is 5.70 Å². The quantitative estimate of drug-likeness (QED) is 0.751. The molecule has 0 bridgehead atoms. The molecule has 5 rings (SSSR count). The molecule has 2 aromatic rings. The Kier molecular flexibility index (Phi) is 4.10. The van der Waals surface area contributed by atoms with E-state index in [4.69, 9.17) is 5.73 Å². The van der Waals surface area contributed by atoms with E-state index in [1.807, 2.05) is 42.5 Å². The van der Waals surface area contributed by atoms with E-state index in [1.54, 1.807) is 6.07 Å². The van der Waals surface area contributed by atoms with E-state index in [-0.39, 0.29) is 18.0 Å². The Morgan fingerprint density at radius 2 is 1.93 bits per heavy atom. The van der Waals surface area contributed by atoms with E-state index in [0.29, 0.717) is 5.82 Å². The Bertz CT molecular complexity index is 1070. The molecule has 2 atom stereocenters. The van der Waals surface area contributed by atoms with Crippen LogP contribution < -0.4 is 16.5 Å². The van der Waals surface area contributed by atoms with Crippen LogP contribution in [0.4, 0.5) is 10.2 Å². The second kappa shape index (κ2) is 6.79. The van der Waals surface area contributed by atoms with Crippen LogP contribution in [-0.4, -0.2) is 28.1 Å². The third kappa shape index (κ3) is 3.15. The lowest BCUT2D eigenvalue weighted by Crippen LogP contribution is -2.33. The summed E-state index contributed by atoms with van der Waals surface area (Å²) in [7, 11) is 1.96. The van der Waals surface area contributed by atoms with Crippen molar-refractivity contribution in [1.29, 1.82) is 0 Å². The molecule has 0 saturated heterocycles. The first-order valence-corrected chi connectivity index (χ1v) is 9.42. The van der Waals surface area contributed by atoms with Crippen molar-refractivity contribution in [2.24, 2.45) is 0 Å². The highest BCUT2D eigenvalue weighted by Crippen LogP contribution is 2.37. The highest BCUT2D eigenvalue weighted by molar-refractivity contribution is 5.67. The van der Waals surface area contributed by atoms with E-state index >= 15 is 0 Å². The first-order valence-electron chi connectivity index (χ1n) is 9.42. The Morgan fingerprint density at radius 3 is 2.72 bits per heavy atom. The van der Waals surface area contributed by atoms with Gasteiger partial charge in [-0.2, -0.15) is 0 Å². The molecule has 6 nitrogen and oxygen atoms in total. The largest absolute Gasteiger partial charge is 0.384 e. The van der Waals surface area contributed by atoms with Gasteiger partial charge in [-0.15, -0.1) is 0 Å². The number of nitrogens with zero attached hydrogens (tertiary/aromatic N) is 3. The van der Waals surface area contributed by atoms with Crippen molar-refractivity contribution in [1.82, 2.24) is 25.6 Å². The molecule has 0 amide bonds. The third-order valence-corrected chi connectivity index (χ3v) is 5.25. The fourth-order valence-electron chi connectivity index (χ4n) is 3.87. The van der Waals surface area contributed by atoms with Gasteiger partial charge in [-0.05, 0) is 41.5 Å². The zero-order chi connectivity index (χ0) is 20.0. The molecular formula is C22H21FN6. The summed E-state index contributed by atoms with van der Waals surface area (Å²) in [5, 5.41) is 5.29. The topological polar surface area (TPSA) is 69.5 Å². The SMILES string of the molecule is CN1C=C(C2=CN3C(c4cccc(N)n4)=CNC3C=C2)C(c2ccc(F)cc2)N1. The number of rotatable bonds is 3. The van der Waals surface area contributed by atoms with Crippen LogP contribution in [0.15, 0.2) is 84.4 Å². The smallest absolute Gasteiger partial charge is 0.124 e. The van der Waals surface area contributed by atoms with Crippen LogP contribution in [-0.2, 0) is 0 Å². The number of fused-ring (bicyclic) bond motifs is 1. The summed E-state index contributed by atoms with van der Waals surface area (Å²) in [6.45, 7) is 0. The van der Waals surface area contributed by atoms with Crippen LogP contribution in [0.5, 0.6) is 0 Å². The van der Waals surface area contributed by atoms with Crippen LogP contribution in [0.3, 0.4) is 0 Å². The highest BCUT2D eigenvalue weighted by Gasteiger charge is 2.31. The molecule has 3 aliphatic rings. The zero-order valence-electron chi connectivity index (χ0n) is 15.9. The van der Waals surface area contributed by atoms with Crippen LogP contribution >= 0.6 is 0 Å². The molecule has 4 N–H and O–H groups in total. The molecule has 0 aliphatic carbocycles. The number of pyridine rings is 1. The monoisotopic (exact) mass is 388 g/mol. The molecule has 146 valence electrons. The summed E-state index contributed by atoms with van der Waals surface area (Å²) in [6.07, 6.45) is 10.4. The molecule has 29 heavy (non-hydrogen) atoms. The summed E-state index contributed by atoms with van der Waals surface area (Å²) in [4.78, 5) is 6.61. The van der Waals surface area contributed by atoms with Crippen molar-refractivity contribution in [3.63, 3.8) is 0 Å². The molecule has 0 fully saturated rings. The lowest BCUT2D eigenvalue weighted by Gasteiger charge is -2.28. The van der Waals surface area contributed by atoms with Gasteiger partial charge in [0.05, 0.1) is 17.4 Å². The Balaban J connectivity index is 1.48. The first kappa shape index (κ1) is 17.5. The maximum Gasteiger partial charge on any atom is 0.124 e. The maximum absolute atomic E-state index is 13.4. The predicted molar refractivity (Wildman–Crippen MR) is 111 cm³/mol. The highest BCUT2D eigenvalue weighted by atomic mass is 19.1. The number of benzene rings is 1. The van der Waals surface area contributed by atoms with E-state index in [9.17, 15) is 4.39 Å². The van der Waals surface area contributed by atoms with E-state index in [0.717, 1.165) is 28.1 Å². The van der Waals surface area contributed by atoms with Crippen molar-refractivity contribution >= 4 is 11.5 Å². The third-order valence-electron chi connectivity index (χ3n) is 5.25. The van der Waals surface area contributed by atoms with Crippen LogP contribution in [0, 0.1) is 5.82 Å². The number of aromatic nitrogens is 1. The van der Waals surface area contributed by atoms with Crippen molar-refractivity contribution in [3.8, 4) is 0 Å². The molecule has 2 unspecified atom stereocenters. The van der Waals surface area contributed by atoms with Gasteiger partial charge in [0, 0.05) is 31.2 Å². The lowest BCUT2D eigenvalue weighted by atomic mass is 9.93. The van der Waals surface area contributed by atoms with Crippen molar-refractivity contribution < 1.29 is 4.39 Å². The predicted octanol–water partition coefficient (Wildman–Crippen LogP) is 2.86. The number of halogens is 1. The van der Waals surface area contributed by atoms with Gasteiger partial charge in [0.2, 0.25) is 0 Å². The van der Waals surface area contributed by atoms with Gasteiger partial charge in [0.1, 0.15) is 17.8 Å². The second-order valence-corrected chi connectivity index (χ2v) is 7.25. The summed E-state index contributed by atoms with van der Waals surface area (Å²) >= 11 is 0. The first-order chi connectivity index (χ1) is 14.1. The maximum atomic E-state index is 13.4. The fourth-order valence-corrected chi connectivity index (χ4v) is 3.87. The number of allylic oxidation sites excluding steroid dienone is 1. The number of anilines is 1. The molecule has 0 saturated carbocycles. The molecule has 3 aliphatic heterocycles. The average molecular weight is 388 g/mol. The van der Waals surface area contributed by atoms with Gasteiger partial charge in [0.15, 0.2) is 0 Å². The van der Waals surface area contributed by atoms with Crippen molar-refractivity contribution in [2.75, 3.05) is 12.8 Å². The van der Waals surface area contributed by atoms with Crippen molar-refractivity contribution in [3.05, 3.63) is 101 Å². The average Bonchev–Trinajstić information content (AvgIpc) is 3.31. The standard InChI is InChI=1S/C22H21FN6/c1-28-13-17(22(27-28)14-5-8-16(23)9-6-14)15-7-10-21-25-11-19(29(21)12-15)18-3-2-4-20(24)26-18/h2-13,21-22,25,27H,1H3,(H2,24,26). The number of hydrazine groups is 1.